The van der Waals surface area contributed by atoms with Gasteiger partial charge >= 0.3 is 11.7 Å². The number of nitro groups is 1. The predicted molar refractivity (Wildman–Crippen MR) is 77.3 cm³/mol. The number of para-hydroxylation sites is 1. The largest absolute Gasteiger partial charge is 0.477 e. The maximum Gasteiger partial charge on any atom is 0.342 e. The van der Waals surface area contributed by atoms with Crippen LogP contribution in [0.4, 0.5) is 11.4 Å². The number of carboxylic acids is 1. The molecule has 110 valence electrons. The van der Waals surface area contributed by atoms with Gasteiger partial charge in [0.25, 0.3) is 0 Å². The Morgan fingerprint density at radius 3 is 2.25 bits per heavy atom. The van der Waals surface area contributed by atoms with E-state index in [1.54, 1.807) is 6.07 Å². The van der Waals surface area contributed by atoms with Crippen molar-refractivity contribution in [3.05, 3.63) is 33.9 Å². The minimum absolute atomic E-state index is 0.262. The van der Waals surface area contributed by atoms with Crippen molar-refractivity contribution in [1.82, 2.24) is 0 Å². The van der Waals surface area contributed by atoms with Crippen molar-refractivity contribution < 1.29 is 14.8 Å². The van der Waals surface area contributed by atoms with Gasteiger partial charge in [-0.2, -0.15) is 0 Å². The highest BCUT2D eigenvalue weighted by molar-refractivity contribution is 5.95. The molecule has 0 aliphatic heterocycles. The summed E-state index contributed by atoms with van der Waals surface area (Å²) in [5.74, 6) is -1.30. The molecule has 2 N–H and O–H groups in total. The summed E-state index contributed by atoms with van der Waals surface area (Å²) in [5.41, 5.74) is -0.667. The van der Waals surface area contributed by atoms with Gasteiger partial charge in [-0.3, -0.25) is 10.1 Å². The summed E-state index contributed by atoms with van der Waals surface area (Å²) in [5, 5.41) is 23.5. The van der Waals surface area contributed by atoms with Crippen molar-refractivity contribution in [3.8, 4) is 0 Å². The van der Waals surface area contributed by atoms with Crippen molar-refractivity contribution in [1.29, 1.82) is 0 Å². The smallest absolute Gasteiger partial charge is 0.342 e. The van der Waals surface area contributed by atoms with E-state index in [2.05, 4.69) is 5.32 Å². The van der Waals surface area contributed by atoms with Crippen LogP contribution < -0.4 is 5.32 Å². The van der Waals surface area contributed by atoms with Crippen molar-refractivity contribution in [2.24, 2.45) is 0 Å². The quantitative estimate of drug-likeness (QED) is 0.587. The molecule has 6 heteroatoms. The summed E-state index contributed by atoms with van der Waals surface area (Å²) < 4.78 is 0. The second-order valence-electron chi connectivity index (χ2n) is 4.73. The van der Waals surface area contributed by atoms with Crippen LogP contribution in [-0.4, -0.2) is 21.5 Å². The fourth-order valence-corrected chi connectivity index (χ4v) is 2.31. The lowest BCUT2D eigenvalue weighted by Gasteiger charge is -2.32. The number of nitrogens with one attached hydrogen (secondary N) is 1. The Kier molecular flexibility index (Phi) is 5.07. The van der Waals surface area contributed by atoms with E-state index in [0.29, 0.717) is 0 Å². The second kappa shape index (κ2) is 6.36. The lowest BCUT2D eigenvalue weighted by Crippen LogP contribution is -2.36. The maximum absolute atomic E-state index is 11.2. The van der Waals surface area contributed by atoms with E-state index in [0.717, 1.165) is 19.3 Å². The normalized spacial score (nSPS) is 11.2. The number of nitrogens with zero attached hydrogens (tertiary/aromatic N) is 1. The summed E-state index contributed by atoms with van der Waals surface area (Å²) in [6.07, 6.45) is 2.40. The van der Waals surface area contributed by atoms with Gasteiger partial charge in [0, 0.05) is 5.54 Å². The summed E-state index contributed by atoms with van der Waals surface area (Å²) in [4.78, 5) is 21.7. The molecule has 0 bridgehead atoms. The predicted octanol–water partition coefficient (Wildman–Crippen LogP) is 3.67. The van der Waals surface area contributed by atoms with E-state index in [9.17, 15) is 14.9 Å². The molecule has 6 nitrogen and oxygen atoms in total. The van der Waals surface area contributed by atoms with Gasteiger partial charge in [-0.1, -0.05) is 26.8 Å². The molecule has 0 aromatic heterocycles. The number of carbonyl (C=O) groups is 1. The Balaban J connectivity index is 3.35. The summed E-state index contributed by atoms with van der Waals surface area (Å²) in [7, 11) is 0. The molecule has 0 atom stereocenters. The monoisotopic (exact) mass is 280 g/mol. The Bertz CT molecular complexity index is 502. The number of aromatic carboxylic acids is 1. The molecule has 0 saturated heterocycles. The van der Waals surface area contributed by atoms with Gasteiger partial charge in [0.15, 0.2) is 0 Å². The van der Waals surface area contributed by atoms with Crippen LogP contribution in [0.5, 0.6) is 0 Å². The summed E-state index contributed by atoms with van der Waals surface area (Å²) in [6.45, 7) is 6.02. The van der Waals surface area contributed by atoms with E-state index in [-0.39, 0.29) is 22.5 Å². The highest BCUT2D eigenvalue weighted by atomic mass is 16.6. The van der Waals surface area contributed by atoms with Gasteiger partial charge in [0.2, 0.25) is 0 Å². The van der Waals surface area contributed by atoms with Gasteiger partial charge in [0.1, 0.15) is 11.3 Å². The zero-order chi connectivity index (χ0) is 15.3. The zero-order valence-corrected chi connectivity index (χ0v) is 12.0. The van der Waals surface area contributed by atoms with Gasteiger partial charge in [-0.15, -0.1) is 0 Å². The first kappa shape index (κ1) is 15.9. The second-order valence-corrected chi connectivity index (χ2v) is 4.73. The zero-order valence-electron chi connectivity index (χ0n) is 12.0. The Labute approximate surface area is 118 Å². The number of benzene rings is 1. The average molecular weight is 280 g/mol. The topological polar surface area (TPSA) is 92.5 Å². The summed E-state index contributed by atoms with van der Waals surface area (Å²) >= 11 is 0. The molecule has 0 amide bonds. The third-order valence-corrected chi connectivity index (χ3v) is 3.88. The number of carboxylic acid groups (broad SMARTS) is 1. The van der Waals surface area contributed by atoms with E-state index < -0.39 is 10.9 Å². The molecule has 0 aliphatic carbocycles. The van der Waals surface area contributed by atoms with Crippen LogP contribution in [0, 0.1) is 10.1 Å². The van der Waals surface area contributed by atoms with Crippen LogP contribution in [0.15, 0.2) is 18.2 Å². The van der Waals surface area contributed by atoms with Crippen molar-refractivity contribution in [3.63, 3.8) is 0 Å². The van der Waals surface area contributed by atoms with Crippen molar-refractivity contribution in [2.45, 2.75) is 45.6 Å². The maximum atomic E-state index is 11.2. The lowest BCUT2D eigenvalue weighted by molar-refractivity contribution is -0.384. The van der Waals surface area contributed by atoms with E-state index >= 15 is 0 Å². The van der Waals surface area contributed by atoms with Crippen LogP contribution >= 0.6 is 0 Å². The van der Waals surface area contributed by atoms with Gasteiger partial charge in [0.05, 0.1) is 4.92 Å². The first-order valence-electron chi connectivity index (χ1n) is 6.69. The molecule has 0 unspecified atom stereocenters. The fourth-order valence-electron chi connectivity index (χ4n) is 2.31. The Hall–Kier alpha value is -2.11. The lowest BCUT2D eigenvalue weighted by atomic mass is 9.89. The molecule has 0 spiro atoms. The van der Waals surface area contributed by atoms with Crippen molar-refractivity contribution >= 4 is 17.3 Å². The number of nitro benzene ring substituents is 1. The summed E-state index contributed by atoms with van der Waals surface area (Å²) in [6, 6.07) is 4.32. The highest BCUT2D eigenvalue weighted by Crippen LogP contribution is 2.33. The van der Waals surface area contributed by atoms with Gasteiger partial charge < -0.3 is 10.4 Å². The molecular weight excluding hydrogens is 260 g/mol. The van der Waals surface area contributed by atoms with E-state index in [1.165, 1.54) is 12.1 Å². The molecule has 0 fully saturated rings. The number of anilines is 1. The average Bonchev–Trinajstić information content (AvgIpc) is 2.44. The first-order valence-corrected chi connectivity index (χ1v) is 6.69. The van der Waals surface area contributed by atoms with Gasteiger partial charge in [-0.25, -0.2) is 4.79 Å². The highest BCUT2D eigenvalue weighted by Gasteiger charge is 2.30. The van der Waals surface area contributed by atoms with Crippen LogP contribution in [0.25, 0.3) is 0 Å². The van der Waals surface area contributed by atoms with Gasteiger partial charge in [-0.05, 0) is 31.4 Å². The molecule has 1 rings (SSSR count). The fraction of sp³-hybridized carbons (Fsp3) is 0.500. The third kappa shape index (κ3) is 3.07. The number of hydrogen-bond donors (Lipinski definition) is 2. The van der Waals surface area contributed by atoms with Crippen molar-refractivity contribution in [2.75, 3.05) is 5.32 Å². The number of rotatable bonds is 7. The van der Waals surface area contributed by atoms with Crippen LogP contribution in [0.3, 0.4) is 0 Å². The molecule has 20 heavy (non-hydrogen) atoms. The SMILES string of the molecule is CCC(CC)(CC)Nc1cccc(C(=O)O)c1[N+](=O)[O-]. The number of hydrogen-bond acceptors (Lipinski definition) is 4. The Morgan fingerprint density at radius 2 is 1.85 bits per heavy atom. The van der Waals surface area contributed by atoms with Crippen LogP contribution in [0.1, 0.15) is 50.4 Å². The Morgan fingerprint density at radius 1 is 1.30 bits per heavy atom. The molecule has 0 saturated carbocycles. The molecular formula is C14H20N2O4. The molecule has 1 aromatic rings. The standard InChI is InChI=1S/C14H20N2O4/c1-4-14(5-2,6-3)15-11-9-7-8-10(13(17)18)12(11)16(19)20/h7-9,15H,4-6H2,1-3H3,(H,17,18). The minimum atomic E-state index is -1.30. The molecule has 0 heterocycles. The van der Waals surface area contributed by atoms with Crippen LogP contribution in [0.2, 0.25) is 0 Å². The first-order chi connectivity index (χ1) is 9.40. The molecule has 1 aromatic carbocycles. The van der Waals surface area contributed by atoms with Crippen LogP contribution in [-0.2, 0) is 0 Å². The minimum Gasteiger partial charge on any atom is -0.477 e. The molecule has 0 radical (unpaired) electrons. The van der Waals surface area contributed by atoms with E-state index in [1.807, 2.05) is 20.8 Å². The molecule has 0 aliphatic rings. The van der Waals surface area contributed by atoms with E-state index in [4.69, 9.17) is 5.11 Å². The third-order valence-electron chi connectivity index (χ3n) is 3.88.